The number of esters is 1. The van der Waals surface area contributed by atoms with Gasteiger partial charge in [-0.05, 0) is 12.8 Å². The molecular formula is C10H16O3. The van der Waals surface area contributed by atoms with Crippen LogP contribution in [0.5, 0.6) is 0 Å². The molecule has 0 saturated carbocycles. The lowest BCUT2D eigenvalue weighted by Crippen LogP contribution is -2.02. The van der Waals surface area contributed by atoms with Crippen LogP contribution >= 0.6 is 0 Å². The van der Waals surface area contributed by atoms with Crippen molar-refractivity contribution in [2.24, 2.45) is 0 Å². The van der Waals surface area contributed by atoms with Crippen LogP contribution in [-0.2, 0) is 14.3 Å². The largest absolute Gasteiger partial charge is 0.469 e. The monoisotopic (exact) mass is 184 g/mol. The summed E-state index contributed by atoms with van der Waals surface area (Å²) in [6, 6.07) is 0. The number of ketones is 1. The summed E-state index contributed by atoms with van der Waals surface area (Å²) < 4.78 is 4.45. The molecule has 0 fully saturated rings. The highest BCUT2D eigenvalue weighted by Crippen LogP contribution is 2.02. The average molecular weight is 184 g/mol. The van der Waals surface area contributed by atoms with Gasteiger partial charge in [-0.1, -0.05) is 6.08 Å². The fourth-order valence-corrected chi connectivity index (χ4v) is 0.920. The first kappa shape index (κ1) is 11.9. The van der Waals surface area contributed by atoms with E-state index in [4.69, 9.17) is 0 Å². The van der Waals surface area contributed by atoms with Gasteiger partial charge < -0.3 is 4.74 Å². The Hall–Kier alpha value is -1.12. The van der Waals surface area contributed by atoms with E-state index in [1.54, 1.807) is 6.08 Å². The van der Waals surface area contributed by atoms with Crippen molar-refractivity contribution < 1.29 is 14.3 Å². The molecule has 0 aromatic carbocycles. The third kappa shape index (κ3) is 7.25. The van der Waals surface area contributed by atoms with E-state index < -0.39 is 0 Å². The summed E-state index contributed by atoms with van der Waals surface area (Å²) in [4.78, 5) is 21.7. The first-order valence-corrected chi connectivity index (χ1v) is 4.40. The number of carbonyl (C=O) groups is 2. The molecule has 0 aromatic rings. The van der Waals surface area contributed by atoms with E-state index in [1.165, 1.54) is 7.11 Å². The van der Waals surface area contributed by atoms with Crippen molar-refractivity contribution in [2.75, 3.05) is 7.11 Å². The first-order valence-electron chi connectivity index (χ1n) is 4.40. The van der Waals surface area contributed by atoms with E-state index >= 15 is 0 Å². The van der Waals surface area contributed by atoms with Crippen molar-refractivity contribution in [3.05, 3.63) is 12.7 Å². The van der Waals surface area contributed by atoms with Gasteiger partial charge in [0.15, 0.2) is 0 Å². The van der Waals surface area contributed by atoms with E-state index in [0.29, 0.717) is 25.7 Å². The molecule has 0 saturated heterocycles. The van der Waals surface area contributed by atoms with Gasteiger partial charge in [-0.25, -0.2) is 0 Å². The number of Topliss-reactive ketones (excluding diaryl/α,β-unsaturated/α-hetero) is 1. The third-order valence-electron chi connectivity index (χ3n) is 1.69. The molecule has 0 amide bonds. The number of ether oxygens (including phenoxy) is 1. The highest BCUT2D eigenvalue weighted by Gasteiger charge is 2.03. The second-order valence-electron chi connectivity index (χ2n) is 2.80. The highest BCUT2D eigenvalue weighted by molar-refractivity contribution is 5.79. The molecular weight excluding hydrogens is 168 g/mol. The summed E-state index contributed by atoms with van der Waals surface area (Å²) >= 11 is 0. The van der Waals surface area contributed by atoms with Crippen LogP contribution in [0.3, 0.4) is 0 Å². The van der Waals surface area contributed by atoms with Crippen molar-refractivity contribution in [1.29, 1.82) is 0 Å². The molecule has 0 atom stereocenters. The predicted octanol–water partition coefficient (Wildman–Crippen LogP) is 1.86. The Balaban J connectivity index is 3.36. The van der Waals surface area contributed by atoms with Crippen LogP contribution in [0.4, 0.5) is 0 Å². The molecule has 0 aliphatic carbocycles. The van der Waals surface area contributed by atoms with E-state index in [-0.39, 0.29) is 11.8 Å². The van der Waals surface area contributed by atoms with Gasteiger partial charge in [-0.15, -0.1) is 6.58 Å². The minimum absolute atomic E-state index is 0.184. The second kappa shape index (κ2) is 7.53. The Bertz CT molecular complexity index is 185. The minimum atomic E-state index is -0.253. The summed E-state index contributed by atoms with van der Waals surface area (Å²) in [6.45, 7) is 3.53. The highest BCUT2D eigenvalue weighted by atomic mass is 16.5. The SMILES string of the molecule is C=CCCC(=O)CCCC(=O)OC. The number of rotatable bonds is 7. The van der Waals surface area contributed by atoms with Gasteiger partial charge >= 0.3 is 5.97 Å². The number of hydrogen-bond acceptors (Lipinski definition) is 3. The lowest BCUT2D eigenvalue weighted by Gasteiger charge is -1.98. The Morgan fingerprint density at radius 3 is 2.54 bits per heavy atom. The molecule has 0 aliphatic rings. The van der Waals surface area contributed by atoms with Crippen molar-refractivity contribution in [3.63, 3.8) is 0 Å². The molecule has 74 valence electrons. The number of hydrogen-bond donors (Lipinski definition) is 0. The molecule has 0 aromatic heterocycles. The topological polar surface area (TPSA) is 43.4 Å². The summed E-state index contributed by atoms with van der Waals surface area (Å²) in [5.41, 5.74) is 0. The second-order valence-corrected chi connectivity index (χ2v) is 2.80. The quantitative estimate of drug-likeness (QED) is 0.448. The van der Waals surface area contributed by atoms with E-state index in [0.717, 1.165) is 6.42 Å². The zero-order valence-corrected chi connectivity index (χ0v) is 8.04. The van der Waals surface area contributed by atoms with Gasteiger partial charge in [0.25, 0.3) is 0 Å². The maximum atomic E-state index is 11.1. The standard InChI is InChI=1S/C10H16O3/c1-3-4-6-9(11)7-5-8-10(12)13-2/h3H,1,4-8H2,2H3. The normalized spacial score (nSPS) is 9.31. The molecule has 0 aliphatic heterocycles. The Labute approximate surface area is 78.8 Å². The number of methoxy groups -OCH3 is 1. The maximum Gasteiger partial charge on any atom is 0.305 e. The predicted molar refractivity (Wildman–Crippen MR) is 50.3 cm³/mol. The first-order chi connectivity index (χ1) is 6.20. The Morgan fingerprint density at radius 1 is 1.31 bits per heavy atom. The summed E-state index contributed by atoms with van der Waals surface area (Å²) in [7, 11) is 1.35. The zero-order valence-electron chi connectivity index (χ0n) is 8.04. The van der Waals surface area contributed by atoms with E-state index in [9.17, 15) is 9.59 Å². The van der Waals surface area contributed by atoms with Gasteiger partial charge in [0, 0.05) is 19.3 Å². The van der Waals surface area contributed by atoms with Crippen molar-refractivity contribution in [2.45, 2.75) is 32.1 Å². The number of allylic oxidation sites excluding steroid dienone is 1. The van der Waals surface area contributed by atoms with Crippen molar-refractivity contribution in [3.8, 4) is 0 Å². The van der Waals surface area contributed by atoms with Crippen LogP contribution in [0.1, 0.15) is 32.1 Å². The smallest absolute Gasteiger partial charge is 0.305 e. The molecule has 0 heterocycles. The zero-order chi connectivity index (χ0) is 10.1. The fourth-order valence-electron chi connectivity index (χ4n) is 0.920. The van der Waals surface area contributed by atoms with Gasteiger partial charge in [0.05, 0.1) is 7.11 Å². The summed E-state index contributed by atoms with van der Waals surface area (Å²) in [6.07, 6.45) is 4.35. The molecule has 3 nitrogen and oxygen atoms in total. The van der Waals surface area contributed by atoms with Crippen LogP contribution in [0, 0.1) is 0 Å². The van der Waals surface area contributed by atoms with Crippen LogP contribution in [0.25, 0.3) is 0 Å². The molecule has 0 N–H and O–H groups in total. The fraction of sp³-hybridized carbons (Fsp3) is 0.600. The van der Waals surface area contributed by atoms with Crippen LogP contribution in [0.2, 0.25) is 0 Å². The van der Waals surface area contributed by atoms with Crippen molar-refractivity contribution >= 4 is 11.8 Å². The maximum absolute atomic E-state index is 11.1. The molecule has 0 spiro atoms. The summed E-state index contributed by atoms with van der Waals surface area (Å²) in [5.74, 6) is -0.0691. The summed E-state index contributed by atoms with van der Waals surface area (Å²) in [5, 5.41) is 0. The lowest BCUT2D eigenvalue weighted by atomic mass is 10.1. The minimum Gasteiger partial charge on any atom is -0.469 e. The Kier molecular flexibility index (Phi) is 6.88. The van der Waals surface area contributed by atoms with Gasteiger partial charge in [-0.2, -0.15) is 0 Å². The van der Waals surface area contributed by atoms with E-state index in [1.807, 2.05) is 0 Å². The van der Waals surface area contributed by atoms with Crippen molar-refractivity contribution in [1.82, 2.24) is 0 Å². The molecule has 0 bridgehead atoms. The van der Waals surface area contributed by atoms with Gasteiger partial charge in [0.2, 0.25) is 0 Å². The van der Waals surface area contributed by atoms with E-state index in [2.05, 4.69) is 11.3 Å². The van der Waals surface area contributed by atoms with Crippen LogP contribution in [0.15, 0.2) is 12.7 Å². The molecule has 0 radical (unpaired) electrons. The number of carbonyl (C=O) groups excluding carboxylic acids is 2. The Morgan fingerprint density at radius 2 is 2.00 bits per heavy atom. The van der Waals surface area contributed by atoms with Crippen LogP contribution < -0.4 is 0 Å². The molecule has 3 heteroatoms. The van der Waals surface area contributed by atoms with Crippen LogP contribution in [-0.4, -0.2) is 18.9 Å². The lowest BCUT2D eigenvalue weighted by molar-refractivity contribution is -0.140. The molecule has 0 unspecified atom stereocenters. The van der Waals surface area contributed by atoms with Gasteiger partial charge in [0.1, 0.15) is 5.78 Å². The third-order valence-corrected chi connectivity index (χ3v) is 1.69. The average Bonchev–Trinajstić information content (AvgIpc) is 2.14. The molecule has 13 heavy (non-hydrogen) atoms. The molecule has 0 rings (SSSR count). The van der Waals surface area contributed by atoms with Gasteiger partial charge in [-0.3, -0.25) is 9.59 Å².